The number of aromatic amines is 1. The van der Waals surface area contributed by atoms with Gasteiger partial charge in [-0.1, -0.05) is 16.4 Å². The Morgan fingerprint density at radius 2 is 1.81 bits per heavy atom. The number of carbonyl (C=O) groups is 2. The molecule has 2 aromatic heterocycles. The summed E-state index contributed by atoms with van der Waals surface area (Å²) in [6.07, 6.45) is 0.0890. The molecule has 13 heteroatoms. The summed E-state index contributed by atoms with van der Waals surface area (Å²) in [7, 11) is 0. The number of carboxylic acids is 2. The Hall–Kier alpha value is -3.90. The quantitative estimate of drug-likeness (QED) is 0.544. The van der Waals surface area contributed by atoms with Gasteiger partial charge in [0.05, 0.1) is 0 Å². The maximum atomic E-state index is 11.1. The van der Waals surface area contributed by atoms with Crippen molar-refractivity contribution in [2.24, 2.45) is 0 Å². The number of pyridine rings is 1. The molecule has 0 amide bonds. The lowest BCUT2D eigenvalue weighted by atomic mass is 10.1. The molecule has 0 unspecified atom stereocenters. The standard InChI is InChI=1S/C17H17N5O3.C2HF3O2/c23-17(24)15-16(20-21-19-15)25-14-4-7-22(8-5-14)13-2-1-12-10-18-6-3-11(12)9-13;3-2(4,5)1(6)7/h1-3,6,9-10,14H,4-5,7-8H2,(H,23,24)(H,19,20,21);(H,6,7). The molecule has 0 radical (unpaired) electrons. The van der Waals surface area contributed by atoms with Gasteiger partial charge < -0.3 is 19.8 Å². The number of carboxylic acid groups (broad SMARTS) is 2. The number of nitrogens with zero attached hydrogens (tertiary/aromatic N) is 4. The van der Waals surface area contributed by atoms with Gasteiger partial charge in [-0.15, -0.1) is 0 Å². The Labute approximate surface area is 178 Å². The number of nitrogens with one attached hydrogen (secondary N) is 1. The Balaban J connectivity index is 0.000000360. The number of piperidine rings is 1. The van der Waals surface area contributed by atoms with Crippen molar-refractivity contribution in [2.75, 3.05) is 18.0 Å². The molecule has 0 bridgehead atoms. The minimum Gasteiger partial charge on any atom is -0.476 e. The first-order valence-corrected chi connectivity index (χ1v) is 9.35. The summed E-state index contributed by atoms with van der Waals surface area (Å²) >= 11 is 0. The van der Waals surface area contributed by atoms with Crippen LogP contribution in [0.5, 0.6) is 5.88 Å². The second-order valence-corrected chi connectivity index (χ2v) is 6.81. The fourth-order valence-electron chi connectivity index (χ4n) is 3.10. The van der Waals surface area contributed by atoms with Crippen LogP contribution in [-0.2, 0) is 4.79 Å². The number of alkyl halides is 3. The number of fused-ring (bicyclic) bond motifs is 1. The van der Waals surface area contributed by atoms with E-state index in [4.69, 9.17) is 19.7 Å². The normalized spacial score (nSPS) is 14.5. The minimum absolute atomic E-state index is 0.0594. The average Bonchev–Trinajstić information content (AvgIpc) is 3.22. The highest BCUT2D eigenvalue weighted by Crippen LogP contribution is 2.26. The monoisotopic (exact) mass is 453 g/mol. The average molecular weight is 453 g/mol. The van der Waals surface area contributed by atoms with Gasteiger partial charge in [-0.25, -0.2) is 14.7 Å². The Morgan fingerprint density at radius 3 is 2.44 bits per heavy atom. The van der Waals surface area contributed by atoms with Crippen LogP contribution in [0.4, 0.5) is 18.9 Å². The molecule has 3 heterocycles. The van der Waals surface area contributed by atoms with Crippen molar-refractivity contribution in [1.82, 2.24) is 20.4 Å². The smallest absolute Gasteiger partial charge is 0.476 e. The number of ether oxygens (including phenoxy) is 1. The van der Waals surface area contributed by atoms with E-state index in [0.29, 0.717) is 0 Å². The lowest BCUT2D eigenvalue weighted by molar-refractivity contribution is -0.192. The molecule has 3 aromatic rings. The van der Waals surface area contributed by atoms with Gasteiger partial charge in [-0.2, -0.15) is 13.2 Å². The molecule has 0 spiro atoms. The number of aromatic nitrogens is 4. The summed E-state index contributed by atoms with van der Waals surface area (Å²) in [5.74, 6) is -3.82. The molecule has 1 fully saturated rings. The van der Waals surface area contributed by atoms with Gasteiger partial charge in [-0.05, 0) is 23.6 Å². The van der Waals surface area contributed by atoms with Crippen molar-refractivity contribution in [2.45, 2.75) is 25.1 Å². The van der Waals surface area contributed by atoms with Crippen LogP contribution in [0, 0.1) is 0 Å². The number of benzene rings is 1. The van der Waals surface area contributed by atoms with E-state index in [1.165, 1.54) is 11.1 Å². The Morgan fingerprint density at radius 1 is 1.12 bits per heavy atom. The van der Waals surface area contributed by atoms with Crippen molar-refractivity contribution in [3.63, 3.8) is 0 Å². The molecule has 3 N–H and O–H groups in total. The SMILES string of the molecule is O=C(O)C(F)(F)F.O=C(O)c1[nH]nnc1OC1CCN(c2ccc3cnccc3c2)CC1. The molecule has 1 aliphatic heterocycles. The fourth-order valence-corrected chi connectivity index (χ4v) is 3.10. The molecule has 10 nitrogen and oxygen atoms in total. The number of hydrogen-bond acceptors (Lipinski definition) is 7. The summed E-state index contributed by atoms with van der Waals surface area (Å²) in [5, 5.41) is 28.0. The topological polar surface area (TPSA) is 142 Å². The van der Waals surface area contributed by atoms with E-state index in [0.717, 1.165) is 31.3 Å². The van der Waals surface area contributed by atoms with Crippen LogP contribution in [-0.4, -0.2) is 67.9 Å². The first-order valence-electron chi connectivity index (χ1n) is 9.35. The van der Waals surface area contributed by atoms with Gasteiger partial charge in [-0.3, -0.25) is 4.98 Å². The van der Waals surface area contributed by atoms with Gasteiger partial charge in [0.15, 0.2) is 0 Å². The highest BCUT2D eigenvalue weighted by atomic mass is 19.4. The molecule has 1 saturated heterocycles. The maximum absolute atomic E-state index is 11.1. The van der Waals surface area contributed by atoms with E-state index >= 15 is 0 Å². The lowest BCUT2D eigenvalue weighted by Gasteiger charge is -2.33. The maximum Gasteiger partial charge on any atom is 0.490 e. The van der Waals surface area contributed by atoms with Gasteiger partial charge in [0.1, 0.15) is 6.10 Å². The van der Waals surface area contributed by atoms with Crippen molar-refractivity contribution >= 4 is 28.4 Å². The van der Waals surface area contributed by atoms with Crippen molar-refractivity contribution in [3.05, 3.63) is 42.4 Å². The molecular formula is C19H18F3N5O5. The molecule has 32 heavy (non-hydrogen) atoms. The Kier molecular flexibility index (Phi) is 6.76. The second kappa shape index (κ2) is 9.49. The fraction of sp³-hybridized carbons (Fsp3) is 0.316. The van der Waals surface area contributed by atoms with E-state index < -0.39 is 18.1 Å². The largest absolute Gasteiger partial charge is 0.490 e. The number of aliphatic carboxylic acids is 1. The minimum atomic E-state index is -5.08. The highest BCUT2D eigenvalue weighted by Gasteiger charge is 2.38. The van der Waals surface area contributed by atoms with E-state index in [1.807, 2.05) is 12.3 Å². The van der Waals surface area contributed by atoms with Gasteiger partial charge in [0.2, 0.25) is 5.69 Å². The van der Waals surface area contributed by atoms with Crippen molar-refractivity contribution in [3.8, 4) is 5.88 Å². The van der Waals surface area contributed by atoms with Crippen LogP contribution in [0.15, 0.2) is 36.7 Å². The molecule has 0 saturated carbocycles. The summed E-state index contributed by atoms with van der Waals surface area (Å²) < 4.78 is 37.5. The predicted molar refractivity (Wildman–Crippen MR) is 105 cm³/mol. The van der Waals surface area contributed by atoms with Crippen molar-refractivity contribution in [1.29, 1.82) is 0 Å². The third-order valence-corrected chi connectivity index (χ3v) is 4.68. The van der Waals surface area contributed by atoms with Gasteiger partial charge in [0, 0.05) is 49.4 Å². The summed E-state index contributed by atoms with van der Waals surface area (Å²) in [6, 6.07) is 8.35. The van der Waals surface area contributed by atoms with Crippen LogP contribution in [0.2, 0.25) is 0 Å². The van der Waals surface area contributed by atoms with E-state index in [-0.39, 0.29) is 17.7 Å². The number of aromatic carboxylic acids is 1. The zero-order chi connectivity index (χ0) is 23.3. The molecule has 170 valence electrons. The molecule has 1 aromatic carbocycles. The van der Waals surface area contributed by atoms with Crippen molar-refractivity contribution < 1.29 is 37.7 Å². The first kappa shape index (κ1) is 22.8. The summed E-state index contributed by atoms with van der Waals surface area (Å²) in [5.41, 5.74) is 1.07. The number of rotatable bonds is 4. The summed E-state index contributed by atoms with van der Waals surface area (Å²) in [4.78, 5) is 26.4. The molecule has 0 aliphatic carbocycles. The molecule has 1 aliphatic rings. The third-order valence-electron chi connectivity index (χ3n) is 4.68. The van der Waals surface area contributed by atoms with Crippen LogP contribution < -0.4 is 9.64 Å². The zero-order valence-electron chi connectivity index (χ0n) is 16.4. The molecular weight excluding hydrogens is 435 g/mol. The number of H-pyrrole nitrogens is 1. The summed E-state index contributed by atoms with van der Waals surface area (Å²) in [6.45, 7) is 1.67. The van der Waals surface area contributed by atoms with E-state index in [9.17, 15) is 18.0 Å². The zero-order valence-corrected chi connectivity index (χ0v) is 16.4. The van der Waals surface area contributed by atoms with Gasteiger partial charge in [0.25, 0.3) is 5.88 Å². The molecule has 4 rings (SSSR count). The highest BCUT2D eigenvalue weighted by molar-refractivity contribution is 5.87. The number of halogens is 3. The van der Waals surface area contributed by atoms with Crippen LogP contribution in [0.25, 0.3) is 10.8 Å². The molecule has 0 atom stereocenters. The van der Waals surface area contributed by atoms with Crippen LogP contribution >= 0.6 is 0 Å². The van der Waals surface area contributed by atoms with Crippen LogP contribution in [0.1, 0.15) is 23.3 Å². The predicted octanol–water partition coefficient (Wildman–Crippen LogP) is 2.73. The Bertz CT molecular complexity index is 1100. The van der Waals surface area contributed by atoms with E-state index in [2.05, 4.69) is 43.5 Å². The lowest BCUT2D eigenvalue weighted by Crippen LogP contribution is -2.38. The van der Waals surface area contributed by atoms with Gasteiger partial charge >= 0.3 is 18.1 Å². The third kappa shape index (κ3) is 5.62. The second-order valence-electron chi connectivity index (χ2n) is 6.81. The number of hydrogen-bond donors (Lipinski definition) is 3. The van der Waals surface area contributed by atoms with E-state index in [1.54, 1.807) is 6.20 Å². The number of anilines is 1. The van der Waals surface area contributed by atoms with Crippen LogP contribution in [0.3, 0.4) is 0 Å². The first-order chi connectivity index (χ1) is 15.1.